The first kappa shape index (κ1) is 15.3. The molecule has 0 aromatic carbocycles. The second-order valence-electron chi connectivity index (χ2n) is 5.28. The number of aromatic nitrogens is 1. The number of rotatable bonds is 4. The third-order valence-corrected chi connectivity index (χ3v) is 3.69. The zero-order valence-electron chi connectivity index (χ0n) is 12.6. The van der Waals surface area contributed by atoms with Gasteiger partial charge in [-0.05, 0) is 31.4 Å². The van der Waals surface area contributed by atoms with Gasteiger partial charge < -0.3 is 15.1 Å². The molecule has 0 aliphatic carbocycles. The molecule has 6 nitrogen and oxygen atoms in total. The van der Waals surface area contributed by atoms with Crippen LogP contribution in [0.25, 0.3) is 0 Å². The van der Waals surface area contributed by atoms with Crippen molar-refractivity contribution < 1.29 is 9.59 Å². The summed E-state index contributed by atoms with van der Waals surface area (Å²) in [5.74, 6) is 0.584. The summed E-state index contributed by atoms with van der Waals surface area (Å²) in [5, 5.41) is 2.57. The third-order valence-electron chi connectivity index (χ3n) is 3.69. The normalized spacial score (nSPS) is 14.7. The second-order valence-corrected chi connectivity index (χ2v) is 5.28. The summed E-state index contributed by atoms with van der Waals surface area (Å²) in [7, 11) is 3.38. The van der Waals surface area contributed by atoms with Gasteiger partial charge in [0, 0.05) is 38.9 Å². The maximum atomic E-state index is 12.5. The molecule has 0 saturated carbocycles. The predicted octanol–water partition coefficient (Wildman–Crippen LogP) is 0.890. The molecule has 21 heavy (non-hydrogen) atoms. The van der Waals surface area contributed by atoms with Gasteiger partial charge >= 0.3 is 0 Å². The largest absolute Gasteiger partial charge is 0.358 e. The highest BCUT2D eigenvalue weighted by Crippen LogP contribution is 2.16. The molecule has 0 atom stereocenters. The lowest BCUT2D eigenvalue weighted by molar-refractivity contribution is -0.119. The maximum absolute atomic E-state index is 12.5. The van der Waals surface area contributed by atoms with Gasteiger partial charge in [0.25, 0.3) is 5.91 Å². The number of amides is 2. The van der Waals surface area contributed by atoms with Gasteiger partial charge in [-0.25, -0.2) is 4.98 Å². The summed E-state index contributed by atoms with van der Waals surface area (Å²) in [6.07, 6.45) is 4.95. The smallest absolute Gasteiger partial charge is 0.254 e. The Morgan fingerprint density at radius 2 is 2.05 bits per heavy atom. The zero-order chi connectivity index (χ0) is 15.2. The highest BCUT2D eigenvalue weighted by Gasteiger charge is 2.19. The van der Waals surface area contributed by atoms with Crippen molar-refractivity contribution in [2.75, 3.05) is 38.6 Å². The van der Waals surface area contributed by atoms with E-state index in [9.17, 15) is 9.59 Å². The van der Waals surface area contributed by atoms with E-state index in [1.54, 1.807) is 37.3 Å². The molecule has 2 rings (SSSR count). The van der Waals surface area contributed by atoms with Crippen LogP contribution in [-0.4, -0.2) is 55.4 Å². The highest BCUT2D eigenvalue weighted by atomic mass is 16.2. The van der Waals surface area contributed by atoms with E-state index in [0.29, 0.717) is 11.4 Å². The topological polar surface area (TPSA) is 65.5 Å². The van der Waals surface area contributed by atoms with Gasteiger partial charge in [0.15, 0.2) is 0 Å². The van der Waals surface area contributed by atoms with E-state index >= 15 is 0 Å². The van der Waals surface area contributed by atoms with Gasteiger partial charge in [-0.3, -0.25) is 9.59 Å². The van der Waals surface area contributed by atoms with Crippen LogP contribution in [0.15, 0.2) is 18.3 Å². The number of hydrogen-bond acceptors (Lipinski definition) is 4. The SMILES string of the molecule is CNC(=O)CN(C)c1cc(C(=O)N2CCCCC2)ccn1. The Morgan fingerprint density at radius 3 is 2.71 bits per heavy atom. The summed E-state index contributed by atoms with van der Waals surface area (Å²) in [6, 6.07) is 3.48. The van der Waals surface area contributed by atoms with Gasteiger partial charge in [0.2, 0.25) is 5.91 Å². The molecule has 1 aliphatic rings. The van der Waals surface area contributed by atoms with Crippen LogP contribution in [-0.2, 0) is 4.79 Å². The van der Waals surface area contributed by atoms with Crippen molar-refractivity contribution in [1.82, 2.24) is 15.2 Å². The molecule has 1 N–H and O–H groups in total. The van der Waals surface area contributed by atoms with Crippen molar-refractivity contribution >= 4 is 17.6 Å². The van der Waals surface area contributed by atoms with Gasteiger partial charge in [0.05, 0.1) is 6.54 Å². The molecule has 0 unspecified atom stereocenters. The minimum absolute atomic E-state index is 0.0479. The number of carbonyl (C=O) groups excluding carboxylic acids is 2. The lowest BCUT2D eigenvalue weighted by Gasteiger charge is -2.27. The van der Waals surface area contributed by atoms with Crippen molar-refractivity contribution in [3.8, 4) is 0 Å². The fraction of sp³-hybridized carbons (Fsp3) is 0.533. The maximum Gasteiger partial charge on any atom is 0.254 e. The Balaban J connectivity index is 2.09. The van der Waals surface area contributed by atoms with Crippen molar-refractivity contribution in [3.05, 3.63) is 23.9 Å². The third kappa shape index (κ3) is 3.93. The lowest BCUT2D eigenvalue weighted by Crippen LogP contribution is -2.36. The molecule has 2 heterocycles. The molecule has 1 fully saturated rings. The minimum Gasteiger partial charge on any atom is -0.358 e. The number of piperidine rings is 1. The first-order chi connectivity index (χ1) is 10.1. The molecular weight excluding hydrogens is 268 g/mol. The molecule has 1 aromatic rings. The molecule has 1 saturated heterocycles. The van der Waals surface area contributed by atoms with E-state index in [1.807, 2.05) is 4.90 Å². The molecular formula is C15H22N4O2. The van der Waals surface area contributed by atoms with Crippen LogP contribution in [0, 0.1) is 0 Å². The second kappa shape index (κ2) is 7.06. The number of likely N-dealkylation sites (tertiary alicyclic amines) is 1. The van der Waals surface area contributed by atoms with Crippen molar-refractivity contribution in [2.45, 2.75) is 19.3 Å². The average Bonchev–Trinajstić information content (AvgIpc) is 2.55. The molecule has 0 bridgehead atoms. The van der Waals surface area contributed by atoms with E-state index in [0.717, 1.165) is 25.9 Å². The number of nitrogens with one attached hydrogen (secondary N) is 1. The fourth-order valence-electron chi connectivity index (χ4n) is 2.42. The number of carbonyl (C=O) groups is 2. The number of pyridine rings is 1. The van der Waals surface area contributed by atoms with E-state index in [-0.39, 0.29) is 18.4 Å². The summed E-state index contributed by atoms with van der Waals surface area (Å²) in [5.41, 5.74) is 0.630. The van der Waals surface area contributed by atoms with Gasteiger partial charge in [0.1, 0.15) is 5.82 Å². The fourth-order valence-corrected chi connectivity index (χ4v) is 2.42. The van der Waals surface area contributed by atoms with Crippen molar-refractivity contribution in [1.29, 1.82) is 0 Å². The zero-order valence-corrected chi connectivity index (χ0v) is 12.6. The monoisotopic (exact) mass is 290 g/mol. The first-order valence-corrected chi connectivity index (χ1v) is 7.29. The molecule has 114 valence electrons. The first-order valence-electron chi connectivity index (χ1n) is 7.29. The summed E-state index contributed by atoms with van der Waals surface area (Å²) in [6.45, 7) is 1.86. The van der Waals surface area contributed by atoms with Crippen LogP contribution in [0.4, 0.5) is 5.82 Å². The van der Waals surface area contributed by atoms with E-state index in [2.05, 4.69) is 10.3 Å². The summed E-state index contributed by atoms with van der Waals surface area (Å²) >= 11 is 0. The van der Waals surface area contributed by atoms with E-state index < -0.39 is 0 Å². The van der Waals surface area contributed by atoms with Gasteiger partial charge in [-0.2, -0.15) is 0 Å². The van der Waals surface area contributed by atoms with Crippen LogP contribution >= 0.6 is 0 Å². The number of nitrogens with zero attached hydrogens (tertiary/aromatic N) is 3. The molecule has 0 radical (unpaired) electrons. The summed E-state index contributed by atoms with van der Waals surface area (Å²) < 4.78 is 0. The molecule has 1 aromatic heterocycles. The summed E-state index contributed by atoms with van der Waals surface area (Å²) in [4.78, 5) is 31.7. The number of anilines is 1. The van der Waals surface area contributed by atoms with Crippen LogP contribution < -0.4 is 10.2 Å². The Labute approximate surface area is 125 Å². The number of hydrogen-bond donors (Lipinski definition) is 1. The van der Waals surface area contributed by atoms with E-state index in [4.69, 9.17) is 0 Å². The van der Waals surface area contributed by atoms with E-state index in [1.165, 1.54) is 6.42 Å². The molecule has 2 amide bonds. The predicted molar refractivity (Wildman–Crippen MR) is 81.3 cm³/mol. The van der Waals surface area contributed by atoms with Crippen LogP contribution in [0.2, 0.25) is 0 Å². The van der Waals surface area contributed by atoms with Crippen molar-refractivity contribution in [3.63, 3.8) is 0 Å². The highest BCUT2D eigenvalue weighted by molar-refractivity contribution is 5.95. The van der Waals surface area contributed by atoms with Gasteiger partial charge in [-0.1, -0.05) is 0 Å². The Hall–Kier alpha value is -2.11. The molecule has 1 aliphatic heterocycles. The van der Waals surface area contributed by atoms with Crippen molar-refractivity contribution in [2.24, 2.45) is 0 Å². The standard InChI is InChI=1S/C15H22N4O2/c1-16-14(20)11-18(2)13-10-12(6-7-17-13)15(21)19-8-4-3-5-9-19/h6-7,10H,3-5,8-9,11H2,1-2H3,(H,16,20). The molecule has 0 spiro atoms. The lowest BCUT2D eigenvalue weighted by atomic mass is 10.1. The molecule has 6 heteroatoms. The van der Waals surface area contributed by atoms with Gasteiger partial charge in [-0.15, -0.1) is 0 Å². The Morgan fingerprint density at radius 1 is 1.33 bits per heavy atom. The van der Waals surface area contributed by atoms with Crippen LogP contribution in [0.3, 0.4) is 0 Å². The minimum atomic E-state index is -0.0907. The quantitative estimate of drug-likeness (QED) is 0.894. The Bertz CT molecular complexity index is 512. The average molecular weight is 290 g/mol. The van der Waals surface area contributed by atoms with Crippen LogP contribution in [0.1, 0.15) is 29.6 Å². The Kier molecular flexibility index (Phi) is 5.14. The van der Waals surface area contributed by atoms with Crippen LogP contribution in [0.5, 0.6) is 0 Å². The number of likely N-dealkylation sites (N-methyl/N-ethyl adjacent to an activating group) is 2.